The monoisotopic (exact) mass is 769 g/mol. The largest absolute Gasteiger partial charge is 0.438 e. The van der Waals surface area contributed by atoms with Crippen LogP contribution >= 0.6 is 0 Å². The van der Waals surface area contributed by atoms with Gasteiger partial charge in [0.05, 0.1) is 27.5 Å². The smallest absolute Gasteiger partial charge is 0.230 e. The Morgan fingerprint density at radius 2 is 0.867 bits per heavy atom. The number of nitrogens with zero attached hydrogens (tertiary/aromatic N) is 7. The highest BCUT2D eigenvalue weighted by molar-refractivity contribution is 6.05. The Labute approximate surface area is 343 Å². The van der Waals surface area contributed by atoms with E-state index in [0.29, 0.717) is 11.5 Å². The van der Waals surface area contributed by atoms with Crippen LogP contribution in [0.2, 0.25) is 0 Å². The molecule has 0 aliphatic heterocycles. The van der Waals surface area contributed by atoms with Gasteiger partial charge in [0, 0.05) is 91.7 Å². The van der Waals surface area contributed by atoms with Crippen molar-refractivity contribution < 1.29 is 4.42 Å². The van der Waals surface area contributed by atoms with Gasteiger partial charge in [-0.05, 0) is 90.0 Å². The minimum atomic E-state index is 0.574. The van der Waals surface area contributed by atoms with E-state index in [9.17, 15) is 0 Å². The number of para-hydroxylation sites is 1. The summed E-state index contributed by atoms with van der Waals surface area (Å²) in [5.41, 5.74) is 13.1. The summed E-state index contributed by atoms with van der Waals surface area (Å²) in [5, 5.41) is 6.18. The van der Waals surface area contributed by atoms with E-state index < -0.39 is 0 Å². The van der Waals surface area contributed by atoms with Gasteiger partial charge in [-0.25, -0.2) is 4.98 Å². The second-order valence-electron chi connectivity index (χ2n) is 14.9. The van der Waals surface area contributed by atoms with Gasteiger partial charge in [0.15, 0.2) is 5.82 Å². The predicted octanol–water partition coefficient (Wildman–Crippen LogP) is 13.0. The zero-order valence-electron chi connectivity index (χ0n) is 31.9. The number of hydrogen-bond donors (Lipinski definition) is 0. The highest BCUT2D eigenvalue weighted by atomic mass is 16.3. The molecule has 12 aromatic rings. The summed E-state index contributed by atoms with van der Waals surface area (Å²) in [4.78, 5) is 30.7. The van der Waals surface area contributed by atoms with Gasteiger partial charge in [0.1, 0.15) is 5.58 Å². The molecule has 0 aliphatic carbocycles. The Morgan fingerprint density at radius 1 is 0.367 bits per heavy atom. The Balaban J connectivity index is 0.908. The Kier molecular flexibility index (Phi) is 7.67. The molecule has 6 aromatic carbocycles. The number of fused-ring (bicyclic) bond motifs is 9. The molecule has 0 atom stereocenters. The van der Waals surface area contributed by atoms with Crippen molar-refractivity contribution in [2.24, 2.45) is 0 Å². The van der Waals surface area contributed by atoms with Crippen LogP contribution < -0.4 is 4.90 Å². The molecule has 0 saturated carbocycles. The normalized spacial score (nSPS) is 11.7. The summed E-state index contributed by atoms with van der Waals surface area (Å²) in [5.74, 6) is 0.605. The first-order chi connectivity index (χ1) is 29.7. The van der Waals surface area contributed by atoms with Gasteiger partial charge in [-0.2, -0.15) is 4.98 Å². The molecule has 0 aliphatic rings. The first-order valence-electron chi connectivity index (χ1n) is 19.7. The molecule has 12 rings (SSSR count). The maximum atomic E-state index is 6.08. The SMILES string of the molecule is c1cnc2c(c1)ccc1cc(-c3ccc(N(c4ccc(-c5cnc6c(ccc7cccnc76)c5)cc4)c4ccc(-c5ncc6c(n5)oc5ccccc56)cc4)cc3)cnc12. The first kappa shape index (κ1) is 33.7. The van der Waals surface area contributed by atoms with Gasteiger partial charge in [-0.15, -0.1) is 0 Å². The van der Waals surface area contributed by atoms with Crippen molar-refractivity contribution in [3.8, 4) is 33.6 Å². The van der Waals surface area contributed by atoms with E-state index in [-0.39, 0.29) is 0 Å². The van der Waals surface area contributed by atoms with Crippen LogP contribution in [0, 0.1) is 0 Å². The number of benzene rings is 6. The molecule has 0 radical (unpaired) electrons. The second-order valence-corrected chi connectivity index (χ2v) is 14.9. The third-order valence-electron chi connectivity index (χ3n) is 11.3. The molecule has 6 heterocycles. The lowest BCUT2D eigenvalue weighted by Gasteiger charge is -2.26. The van der Waals surface area contributed by atoms with Crippen molar-refractivity contribution in [1.82, 2.24) is 29.9 Å². The summed E-state index contributed by atoms with van der Waals surface area (Å²) in [6.07, 6.45) is 9.36. The molecule has 6 aromatic heterocycles. The zero-order valence-corrected chi connectivity index (χ0v) is 31.9. The van der Waals surface area contributed by atoms with E-state index in [4.69, 9.17) is 24.4 Å². The average molecular weight is 770 g/mol. The molecule has 0 fully saturated rings. The van der Waals surface area contributed by atoms with E-state index >= 15 is 0 Å². The van der Waals surface area contributed by atoms with Crippen molar-refractivity contribution in [3.63, 3.8) is 0 Å². The summed E-state index contributed by atoms with van der Waals surface area (Å²) >= 11 is 0. The van der Waals surface area contributed by atoms with Gasteiger partial charge in [0.25, 0.3) is 0 Å². The molecule has 0 spiro atoms. The van der Waals surface area contributed by atoms with Gasteiger partial charge in [-0.3, -0.25) is 19.9 Å². The summed E-state index contributed by atoms with van der Waals surface area (Å²) < 4.78 is 6.08. The van der Waals surface area contributed by atoms with Crippen molar-refractivity contribution in [2.45, 2.75) is 0 Å². The van der Waals surface area contributed by atoms with Crippen LogP contribution in [-0.4, -0.2) is 29.9 Å². The molecule has 0 unspecified atom stereocenters. The molecule has 60 heavy (non-hydrogen) atoms. The average Bonchev–Trinajstić information content (AvgIpc) is 3.70. The van der Waals surface area contributed by atoms with Crippen LogP contribution in [0.4, 0.5) is 17.1 Å². The van der Waals surface area contributed by atoms with E-state index in [1.54, 1.807) is 0 Å². The van der Waals surface area contributed by atoms with Gasteiger partial charge in [-0.1, -0.05) is 78.9 Å². The second kappa shape index (κ2) is 13.6. The Bertz CT molecular complexity index is 3440. The molecule has 0 saturated heterocycles. The fourth-order valence-corrected chi connectivity index (χ4v) is 8.25. The maximum absolute atomic E-state index is 6.08. The Hall–Kier alpha value is -8.36. The minimum Gasteiger partial charge on any atom is -0.438 e. The fraction of sp³-hybridized carbons (Fsp3) is 0. The molecule has 280 valence electrons. The van der Waals surface area contributed by atoms with Crippen molar-refractivity contribution in [3.05, 3.63) is 189 Å². The lowest BCUT2D eigenvalue weighted by molar-refractivity contribution is 0.653. The summed E-state index contributed by atoms with van der Waals surface area (Å²) in [6.45, 7) is 0. The van der Waals surface area contributed by atoms with Crippen LogP contribution in [0.25, 0.3) is 99.3 Å². The van der Waals surface area contributed by atoms with Crippen LogP contribution in [0.5, 0.6) is 0 Å². The summed E-state index contributed by atoms with van der Waals surface area (Å²) in [6, 6.07) is 54.4. The quantitative estimate of drug-likeness (QED) is 0.154. The zero-order chi connectivity index (χ0) is 39.6. The van der Waals surface area contributed by atoms with Gasteiger partial charge >= 0.3 is 0 Å². The topological polar surface area (TPSA) is 93.7 Å². The number of aromatic nitrogens is 6. The third-order valence-corrected chi connectivity index (χ3v) is 11.3. The molecule has 0 amide bonds. The lowest BCUT2D eigenvalue weighted by Crippen LogP contribution is -2.09. The van der Waals surface area contributed by atoms with Gasteiger partial charge < -0.3 is 9.32 Å². The van der Waals surface area contributed by atoms with Crippen molar-refractivity contribution in [2.75, 3.05) is 4.90 Å². The predicted molar refractivity (Wildman–Crippen MR) is 242 cm³/mol. The van der Waals surface area contributed by atoms with Crippen molar-refractivity contribution >= 4 is 82.7 Å². The highest BCUT2D eigenvalue weighted by Crippen LogP contribution is 2.39. The van der Waals surface area contributed by atoms with Crippen LogP contribution in [-0.2, 0) is 0 Å². The fourth-order valence-electron chi connectivity index (χ4n) is 8.25. The van der Waals surface area contributed by atoms with Crippen molar-refractivity contribution in [1.29, 1.82) is 0 Å². The number of pyridine rings is 4. The number of anilines is 3. The summed E-state index contributed by atoms with van der Waals surface area (Å²) in [7, 11) is 0. The van der Waals surface area contributed by atoms with Gasteiger partial charge in [0.2, 0.25) is 5.71 Å². The number of furan rings is 1. The third kappa shape index (κ3) is 5.69. The highest BCUT2D eigenvalue weighted by Gasteiger charge is 2.16. The molecular weight excluding hydrogens is 739 g/mol. The van der Waals surface area contributed by atoms with E-state index in [1.807, 2.05) is 67.4 Å². The maximum Gasteiger partial charge on any atom is 0.230 e. The molecule has 8 nitrogen and oxygen atoms in total. The first-order valence-corrected chi connectivity index (χ1v) is 19.7. The molecule has 0 N–H and O–H groups in total. The van der Waals surface area contributed by atoms with E-state index in [0.717, 1.165) is 105 Å². The number of hydrogen-bond acceptors (Lipinski definition) is 8. The molecule has 8 heteroatoms. The van der Waals surface area contributed by atoms with E-state index in [1.165, 1.54) is 0 Å². The van der Waals surface area contributed by atoms with E-state index in [2.05, 4.69) is 136 Å². The Morgan fingerprint density at radius 3 is 1.43 bits per heavy atom. The van der Waals surface area contributed by atoms with Crippen LogP contribution in [0.15, 0.2) is 193 Å². The number of rotatable bonds is 6. The van der Waals surface area contributed by atoms with Crippen LogP contribution in [0.1, 0.15) is 0 Å². The molecule has 0 bridgehead atoms. The molecular formula is C52H31N7O. The minimum absolute atomic E-state index is 0.574. The van der Waals surface area contributed by atoms with Crippen LogP contribution in [0.3, 0.4) is 0 Å². The lowest BCUT2D eigenvalue weighted by atomic mass is 10.0. The standard InChI is InChI=1S/C52H31N7O/c1-2-8-46-44(7-1)45-31-57-51(58-52(45)60-46)36-17-23-43(24-18-36)59(41-19-13-32(14-20-41)39-27-37-11-9-34-5-3-25-53-47(34)49(37)55-29-39)42-21-15-33(16-22-42)40-28-38-12-10-35-6-4-26-54-48(35)50(38)56-30-40/h1-31H.